The molecule has 0 radical (unpaired) electrons. The van der Waals surface area contributed by atoms with Gasteiger partial charge in [0.1, 0.15) is 11.6 Å². The van der Waals surface area contributed by atoms with Gasteiger partial charge >= 0.3 is 6.36 Å². The Morgan fingerprint density at radius 1 is 1.05 bits per heavy atom. The number of benzene rings is 2. The molecule has 6 heteroatoms. The van der Waals surface area contributed by atoms with Gasteiger partial charge in [-0.05, 0) is 36.2 Å². The highest BCUT2D eigenvalue weighted by Gasteiger charge is 2.31. The van der Waals surface area contributed by atoms with Crippen LogP contribution in [0.15, 0.2) is 42.5 Å². The number of carbonyl (C=O) groups excluding carboxylic acids is 1. The molecule has 0 fully saturated rings. The minimum absolute atomic E-state index is 0.0954. The molecule has 21 heavy (non-hydrogen) atoms. The van der Waals surface area contributed by atoms with Crippen LogP contribution in [0.4, 0.5) is 17.6 Å². The van der Waals surface area contributed by atoms with Gasteiger partial charge in [0.05, 0.1) is 5.56 Å². The third kappa shape index (κ3) is 3.59. The van der Waals surface area contributed by atoms with Crippen molar-refractivity contribution in [1.29, 1.82) is 0 Å². The van der Waals surface area contributed by atoms with E-state index in [1.54, 1.807) is 0 Å². The molecule has 2 aromatic rings. The first kappa shape index (κ1) is 15.0. The summed E-state index contributed by atoms with van der Waals surface area (Å²) in [6.45, 7) is 1.23. The fourth-order valence-corrected chi connectivity index (χ4v) is 1.96. The van der Waals surface area contributed by atoms with Gasteiger partial charge in [-0.2, -0.15) is 0 Å². The minimum Gasteiger partial charge on any atom is -0.406 e. The first-order valence-corrected chi connectivity index (χ1v) is 5.93. The van der Waals surface area contributed by atoms with Crippen molar-refractivity contribution in [3.8, 4) is 16.9 Å². The van der Waals surface area contributed by atoms with Crippen molar-refractivity contribution in [3.05, 3.63) is 53.8 Å². The molecule has 0 atom stereocenters. The number of halogens is 4. The zero-order valence-corrected chi connectivity index (χ0v) is 10.9. The number of rotatable bonds is 3. The van der Waals surface area contributed by atoms with Crippen LogP contribution in [-0.2, 0) is 0 Å². The van der Waals surface area contributed by atoms with Crippen LogP contribution in [0.25, 0.3) is 11.1 Å². The van der Waals surface area contributed by atoms with E-state index in [0.29, 0.717) is 11.1 Å². The fourth-order valence-electron chi connectivity index (χ4n) is 1.96. The van der Waals surface area contributed by atoms with Gasteiger partial charge in [-0.3, -0.25) is 4.79 Å². The molecule has 0 saturated heterocycles. The largest absolute Gasteiger partial charge is 0.573 e. The molecule has 0 aliphatic heterocycles. The molecule has 2 rings (SSSR count). The quantitative estimate of drug-likeness (QED) is 0.612. The lowest BCUT2D eigenvalue weighted by molar-refractivity contribution is -0.274. The summed E-state index contributed by atoms with van der Waals surface area (Å²) in [6, 6.07) is 9.00. The highest BCUT2D eigenvalue weighted by atomic mass is 19.4. The van der Waals surface area contributed by atoms with E-state index in [1.807, 2.05) is 0 Å². The molecule has 0 aromatic heterocycles. The summed E-state index contributed by atoms with van der Waals surface area (Å²) in [5.41, 5.74) is 0.650. The summed E-state index contributed by atoms with van der Waals surface area (Å²) in [6.07, 6.45) is -4.77. The van der Waals surface area contributed by atoms with Gasteiger partial charge in [0.25, 0.3) is 0 Å². The van der Waals surface area contributed by atoms with Crippen LogP contribution in [0, 0.1) is 5.82 Å². The molecule has 0 aliphatic carbocycles. The maximum absolute atomic E-state index is 13.7. The molecular weight excluding hydrogens is 288 g/mol. The van der Waals surface area contributed by atoms with Crippen LogP contribution in [-0.4, -0.2) is 12.1 Å². The van der Waals surface area contributed by atoms with Gasteiger partial charge < -0.3 is 4.74 Å². The van der Waals surface area contributed by atoms with Crippen LogP contribution in [0.2, 0.25) is 0 Å². The van der Waals surface area contributed by atoms with Crippen molar-refractivity contribution in [2.24, 2.45) is 0 Å². The fraction of sp³-hybridized carbons (Fsp3) is 0.133. The van der Waals surface area contributed by atoms with Crippen LogP contribution in [0.5, 0.6) is 5.75 Å². The molecule has 0 heterocycles. The zero-order valence-electron chi connectivity index (χ0n) is 10.9. The van der Waals surface area contributed by atoms with E-state index in [9.17, 15) is 22.4 Å². The van der Waals surface area contributed by atoms with Gasteiger partial charge in [-0.15, -0.1) is 13.2 Å². The minimum atomic E-state index is -4.77. The van der Waals surface area contributed by atoms with E-state index >= 15 is 0 Å². The molecule has 0 saturated carbocycles. The van der Waals surface area contributed by atoms with Crippen molar-refractivity contribution in [1.82, 2.24) is 0 Å². The molecule has 2 aromatic carbocycles. The summed E-state index contributed by atoms with van der Waals surface area (Å²) in [5, 5.41) is 0. The lowest BCUT2D eigenvalue weighted by Gasteiger charge is -2.11. The second-order valence-electron chi connectivity index (χ2n) is 4.29. The predicted molar refractivity (Wildman–Crippen MR) is 68.5 cm³/mol. The second-order valence-corrected chi connectivity index (χ2v) is 4.29. The SMILES string of the molecule is CC(=O)c1c(F)cccc1-c1ccc(OC(F)(F)F)cc1. The number of carbonyl (C=O) groups is 1. The third-order valence-corrected chi connectivity index (χ3v) is 2.76. The Morgan fingerprint density at radius 3 is 2.19 bits per heavy atom. The van der Waals surface area contributed by atoms with Crippen LogP contribution < -0.4 is 4.74 Å². The predicted octanol–water partition coefficient (Wildman–Crippen LogP) is 4.59. The summed E-state index contributed by atoms with van der Waals surface area (Å²) >= 11 is 0. The van der Waals surface area contributed by atoms with Gasteiger partial charge in [-0.1, -0.05) is 24.3 Å². The standard InChI is InChI=1S/C15H10F4O2/c1-9(20)14-12(3-2-4-13(14)16)10-5-7-11(8-6-10)21-15(17,18)19/h2-8H,1H3. The Morgan fingerprint density at radius 2 is 1.67 bits per heavy atom. The lowest BCUT2D eigenvalue weighted by atomic mass is 9.97. The maximum Gasteiger partial charge on any atom is 0.573 e. The number of Topliss-reactive ketones (excluding diaryl/α,β-unsaturated/α-hetero) is 1. The van der Waals surface area contributed by atoms with E-state index in [2.05, 4.69) is 4.74 Å². The molecule has 0 bridgehead atoms. The smallest absolute Gasteiger partial charge is 0.406 e. The lowest BCUT2D eigenvalue weighted by Crippen LogP contribution is -2.16. The Balaban J connectivity index is 2.40. The van der Waals surface area contributed by atoms with Crippen molar-refractivity contribution in [2.45, 2.75) is 13.3 Å². The summed E-state index contributed by atoms with van der Waals surface area (Å²) in [5.74, 6) is -1.51. The van der Waals surface area contributed by atoms with E-state index in [4.69, 9.17) is 0 Å². The maximum atomic E-state index is 13.7. The van der Waals surface area contributed by atoms with Crippen molar-refractivity contribution < 1.29 is 27.1 Å². The zero-order chi connectivity index (χ0) is 15.6. The van der Waals surface area contributed by atoms with Crippen LogP contribution >= 0.6 is 0 Å². The number of ketones is 1. The Kier molecular flexibility index (Phi) is 3.97. The molecule has 110 valence electrons. The molecule has 2 nitrogen and oxygen atoms in total. The average Bonchev–Trinajstić information content (AvgIpc) is 2.37. The Labute approximate surface area is 118 Å². The van der Waals surface area contributed by atoms with E-state index in [1.165, 1.54) is 31.2 Å². The topological polar surface area (TPSA) is 26.3 Å². The Hall–Kier alpha value is -2.37. The monoisotopic (exact) mass is 298 g/mol. The first-order chi connectivity index (χ1) is 9.78. The Bertz CT molecular complexity index is 660. The molecule has 0 amide bonds. The number of hydrogen-bond acceptors (Lipinski definition) is 2. The number of ether oxygens (including phenoxy) is 1. The summed E-state index contributed by atoms with van der Waals surface area (Å²) < 4.78 is 53.7. The van der Waals surface area contributed by atoms with Crippen LogP contribution in [0.1, 0.15) is 17.3 Å². The first-order valence-electron chi connectivity index (χ1n) is 5.93. The van der Waals surface area contributed by atoms with E-state index in [-0.39, 0.29) is 11.3 Å². The molecule has 0 spiro atoms. The third-order valence-electron chi connectivity index (χ3n) is 2.76. The highest BCUT2D eigenvalue weighted by molar-refractivity contribution is 6.01. The summed E-state index contributed by atoms with van der Waals surface area (Å²) in [7, 11) is 0. The molecule has 0 N–H and O–H groups in total. The number of alkyl halides is 3. The van der Waals surface area contributed by atoms with E-state index in [0.717, 1.165) is 18.2 Å². The summed E-state index contributed by atoms with van der Waals surface area (Å²) in [4.78, 5) is 11.5. The van der Waals surface area contributed by atoms with Gasteiger partial charge in [-0.25, -0.2) is 4.39 Å². The van der Waals surface area contributed by atoms with Crippen molar-refractivity contribution >= 4 is 5.78 Å². The van der Waals surface area contributed by atoms with Crippen molar-refractivity contribution in [2.75, 3.05) is 0 Å². The average molecular weight is 298 g/mol. The molecule has 0 unspecified atom stereocenters. The molecular formula is C15H10F4O2. The second kappa shape index (κ2) is 5.55. The normalized spacial score (nSPS) is 11.3. The molecule has 0 aliphatic rings. The van der Waals surface area contributed by atoms with Crippen molar-refractivity contribution in [3.63, 3.8) is 0 Å². The van der Waals surface area contributed by atoms with Crippen LogP contribution in [0.3, 0.4) is 0 Å². The number of hydrogen-bond donors (Lipinski definition) is 0. The highest BCUT2D eigenvalue weighted by Crippen LogP contribution is 2.29. The van der Waals surface area contributed by atoms with Gasteiger partial charge in [0, 0.05) is 0 Å². The van der Waals surface area contributed by atoms with Gasteiger partial charge in [0.15, 0.2) is 5.78 Å². The van der Waals surface area contributed by atoms with E-state index < -0.39 is 18.0 Å². The van der Waals surface area contributed by atoms with Gasteiger partial charge in [0.2, 0.25) is 0 Å².